The summed E-state index contributed by atoms with van der Waals surface area (Å²) in [6.45, 7) is 6.13. The van der Waals surface area contributed by atoms with Gasteiger partial charge in [-0.2, -0.15) is 5.26 Å². The van der Waals surface area contributed by atoms with Gasteiger partial charge in [0.15, 0.2) is 0 Å². The molecular weight excluding hydrogens is 220 g/mol. The van der Waals surface area contributed by atoms with Crippen molar-refractivity contribution < 1.29 is 0 Å². The number of hydrogen-bond acceptors (Lipinski definition) is 2. The molecule has 0 saturated heterocycles. The van der Waals surface area contributed by atoms with E-state index in [2.05, 4.69) is 49.1 Å². The molecule has 0 radical (unpaired) electrons. The van der Waals surface area contributed by atoms with Gasteiger partial charge < -0.3 is 4.90 Å². The van der Waals surface area contributed by atoms with Gasteiger partial charge in [-0.15, -0.1) is 0 Å². The second-order valence-electron chi connectivity index (χ2n) is 5.45. The normalized spacial score (nSPS) is 17.4. The van der Waals surface area contributed by atoms with Crippen LogP contribution < -0.4 is 4.90 Å². The fourth-order valence-corrected chi connectivity index (χ4v) is 2.93. The summed E-state index contributed by atoms with van der Waals surface area (Å²) in [4.78, 5) is 2.35. The number of rotatable bonds is 4. The minimum absolute atomic E-state index is 0.111. The van der Waals surface area contributed by atoms with Gasteiger partial charge >= 0.3 is 0 Å². The van der Waals surface area contributed by atoms with E-state index in [1.54, 1.807) is 0 Å². The molecule has 1 aliphatic rings. The highest BCUT2D eigenvalue weighted by molar-refractivity contribution is 5.48. The molecule has 1 saturated carbocycles. The summed E-state index contributed by atoms with van der Waals surface area (Å²) in [6, 6.07) is 11.2. The zero-order valence-electron chi connectivity index (χ0n) is 11.4. The summed E-state index contributed by atoms with van der Waals surface area (Å²) in [5.41, 5.74) is 2.42. The van der Waals surface area contributed by atoms with Crippen LogP contribution in [0.1, 0.15) is 38.2 Å². The molecule has 0 atom stereocenters. The zero-order chi connectivity index (χ0) is 13.0. The van der Waals surface area contributed by atoms with Crippen LogP contribution in [0.25, 0.3) is 0 Å². The van der Waals surface area contributed by atoms with Crippen LogP contribution in [0.5, 0.6) is 0 Å². The molecule has 1 fully saturated rings. The molecule has 0 amide bonds. The molecule has 1 aliphatic carbocycles. The van der Waals surface area contributed by atoms with E-state index >= 15 is 0 Å². The zero-order valence-corrected chi connectivity index (χ0v) is 11.4. The van der Waals surface area contributed by atoms with Crippen LogP contribution in [0.4, 0.5) is 5.69 Å². The number of nitrogens with zero attached hydrogens (tertiary/aromatic N) is 2. The van der Waals surface area contributed by atoms with Crippen molar-refractivity contribution in [3.05, 3.63) is 29.8 Å². The fraction of sp³-hybridized carbons (Fsp3) is 0.562. The lowest BCUT2D eigenvalue weighted by molar-refractivity contribution is 0.409. The van der Waals surface area contributed by atoms with Gasteiger partial charge in [0.25, 0.3) is 0 Å². The Balaban J connectivity index is 2.17. The highest BCUT2D eigenvalue weighted by atomic mass is 15.1. The summed E-state index contributed by atoms with van der Waals surface area (Å²) in [5.74, 6) is 0. The van der Waals surface area contributed by atoms with E-state index < -0.39 is 0 Å². The second-order valence-corrected chi connectivity index (χ2v) is 5.45. The third-order valence-corrected chi connectivity index (χ3v) is 4.04. The van der Waals surface area contributed by atoms with Crippen molar-refractivity contribution >= 4 is 5.69 Å². The summed E-state index contributed by atoms with van der Waals surface area (Å²) in [7, 11) is 0. The molecule has 0 bridgehead atoms. The number of benzene rings is 1. The third-order valence-electron chi connectivity index (χ3n) is 4.04. The summed E-state index contributed by atoms with van der Waals surface area (Å²) in [6.07, 6.45) is 4.54. The molecular formula is C16H22N2. The summed E-state index contributed by atoms with van der Waals surface area (Å²) < 4.78 is 0. The topological polar surface area (TPSA) is 27.0 Å². The van der Waals surface area contributed by atoms with Crippen LogP contribution in [0.2, 0.25) is 0 Å². The molecule has 0 spiro atoms. The molecule has 2 rings (SSSR count). The Labute approximate surface area is 110 Å². The summed E-state index contributed by atoms with van der Waals surface area (Å²) >= 11 is 0. The van der Waals surface area contributed by atoms with Gasteiger partial charge in [-0.3, -0.25) is 0 Å². The number of hydrogen-bond donors (Lipinski definition) is 0. The second kappa shape index (κ2) is 5.44. The van der Waals surface area contributed by atoms with Crippen LogP contribution in [0.3, 0.4) is 0 Å². The van der Waals surface area contributed by atoms with Crippen molar-refractivity contribution in [1.29, 1.82) is 5.26 Å². The van der Waals surface area contributed by atoms with Gasteiger partial charge in [0, 0.05) is 18.8 Å². The van der Waals surface area contributed by atoms with Gasteiger partial charge in [0.2, 0.25) is 0 Å². The molecule has 0 aromatic heterocycles. The Morgan fingerprint density at radius 2 is 2.06 bits per heavy atom. The van der Waals surface area contributed by atoms with Gasteiger partial charge in [-0.05, 0) is 44.4 Å². The Morgan fingerprint density at radius 3 is 2.61 bits per heavy atom. The average molecular weight is 242 g/mol. The Bertz CT molecular complexity index is 439. The first-order valence-corrected chi connectivity index (χ1v) is 6.92. The van der Waals surface area contributed by atoms with Crippen molar-refractivity contribution in [2.45, 2.75) is 39.5 Å². The minimum Gasteiger partial charge on any atom is -0.370 e. The van der Waals surface area contributed by atoms with Crippen molar-refractivity contribution in [3.63, 3.8) is 0 Å². The van der Waals surface area contributed by atoms with E-state index in [4.69, 9.17) is 0 Å². The molecule has 1 aromatic carbocycles. The SMILES string of the molecule is CCN(CC1(C#N)CCCC1)c1cccc(C)c1. The molecule has 0 aliphatic heterocycles. The molecule has 0 heterocycles. The predicted octanol–water partition coefficient (Wildman–Crippen LogP) is 3.91. The molecule has 96 valence electrons. The number of aryl methyl sites for hydroxylation is 1. The fourth-order valence-electron chi connectivity index (χ4n) is 2.93. The van der Waals surface area contributed by atoms with Crippen LogP contribution in [-0.2, 0) is 0 Å². The van der Waals surface area contributed by atoms with Crippen molar-refractivity contribution in [2.75, 3.05) is 18.0 Å². The van der Waals surface area contributed by atoms with Crippen LogP contribution >= 0.6 is 0 Å². The first kappa shape index (κ1) is 13.0. The van der Waals surface area contributed by atoms with Crippen molar-refractivity contribution in [3.8, 4) is 6.07 Å². The predicted molar refractivity (Wildman–Crippen MR) is 75.6 cm³/mol. The molecule has 0 unspecified atom stereocenters. The molecule has 2 heteroatoms. The lowest BCUT2D eigenvalue weighted by Crippen LogP contribution is -2.35. The quantitative estimate of drug-likeness (QED) is 0.800. The first-order valence-electron chi connectivity index (χ1n) is 6.92. The van der Waals surface area contributed by atoms with E-state index in [1.807, 2.05) is 0 Å². The molecule has 2 nitrogen and oxygen atoms in total. The van der Waals surface area contributed by atoms with Crippen LogP contribution in [0.15, 0.2) is 24.3 Å². The Hall–Kier alpha value is -1.49. The Morgan fingerprint density at radius 1 is 1.33 bits per heavy atom. The van der Waals surface area contributed by atoms with Crippen LogP contribution in [0, 0.1) is 23.7 Å². The monoisotopic (exact) mass is 242 g/mol. The van der Waals surface area contributed by atoms with E-state index in [9.17, 15) is 5.26 Å². The standard InChI is InChI=1S/C16H22N2/c1-3-18(15-8-6-7-14(2)11-15)13-16(12-17)9-4-5-10-16/h6-8,11H,3-5,9-10,13H2,1-2H3. The summed E-state index contributed by atoms with van der Waals surface area (Å²) in [5, 5.41) is 9.49. The molecule has 1 aromatic rings. The maximum absolute atomic E-state index is 9.49. The molecule has 0 N–H and O–H groups in total. The molecule has 18 heavy (non-hydrogen) atoms. The van der Waals surface area contributed by atoms with Crippen LogP contribution in [-0.4, -0.2) is 13.1 Å². The third kappa shape index (κ3) is 2.67. The maximum atomic E-state index is 9.49. The average Bonchev–Trinajstić information content (AvgIpc) is 2.85. The van der Waals surface area contributed by atoms with Gasteiger partial charge in [-0.25, -0.2) is 0 Å². The van der Waals surface area contributed by atoms with Gasteiger partial charge in [-0.1, -0.05) is 25.0 Å². The lowest BCUT2D eigenvalue weighted by atomic mass is 9.87. The van der Waals surface area contributed by atoms with Gasteiger partial charge in [0.1, 0.15) is 0 Å². The van der Waals surface area contributed by atoms with Crippen molar-refractivity contribution in [1.82, 2.24) is 0 Å². The number of nitriles is 1. The van der Waals surface area contributed by atoms with E-state index in [1.165, 1.54) is 24.1 Å². The maximum Gasteiger partial charge on any atom is 0.0748 e. The van der Waals surface area contributed by atoms with Crippen molar-refractivity contribution in [2.24, 2.45) is 5.41 Å². The highest BCUT2D eigenvalue weighted by Gasteiger charge is 2.35. The lowest BCUT2D eigenvalue weighted by Gasteiger charge is -2.31. The first-order chi connectivity index (χ1) is 8.69. The van der Waals surface area contributed by atoms with Gasteiger partial charge in [0.05, 0.1) is 11.5 Å². The Kier molecular flexibility index (Phi) is 3.91. The van der Waals surface area contributed by atoms with E-state index in [-0.39, 0.29) is 5.41 Å². The minimum atomic E-state index is -0.111. The number of anilines is 1. The van der Waals surface area contributed by atoms with E-state index in [0.717, 1.165) is 25.9 Å². The largest absolute Gasteiger partial charge is 0.370 e. The smallest absolute Gasteiger partial charge is 0.0748 e. The highest BCUT2D eigenvalue weighted by Crippen LogP contribution is 2.39. The van der Waals surface area contributed by atoms with E-state index in [0.29, 0.717) is 0 Å².